The highest BCUT2D eigenvalue weighted by molar-refractivity contribution is 7.12. The van der Waals surface area contributed by atoms with E-state index in [1.165, 1.54) is 22.2 Å². The number of phenolic OH excluding ortho intramolecular Hbond substituents is 1. The number of aromatic nitrogens is 3. The Labute approximate surface area is 197 Å². The predicted molar refractivity (Wildman–Crippen MR) is 128 cm³/mol. The van der Waals surface area contributed by atoms with Crippen LogP contribution in [-0.4, -0.2) is 25.8 Å². The number of nitrogens with one attached hydrogen (secondary N) is 1. The van der Waals surface area contributed by atoms with Crippen molar-refractivity contribution < 1.29 is 9.90 Å². The molecule has 10 heteroatoms. The van der Waals surface area contributed by atoms with Crippen molar-refractivity contribution in [3.05, 3.63) is 89.6 Å². The molecule has 0 atom stereocenters. The summed E-state index contributed by atoms with van der Waals surface area (Å²) < 4.78 is 1.40. The summed E-state index contributed by atoms with van der Waals surface area (Å²) in [6.45, 7) is 0. The van der Waals surface area contributed by atoms with Crippen LogP contribution in [0.2, 0.25) is 0 Å². The van der Waals surface area contributed by atoms with E-state index in [9.17, 15) is 15.2 Å². The highest BCUT2D eigenvalue weighted by Gasteiger charge is 2.20. The van der Waals surface area contributed by atoms with Crippen LogP contribution < -0.4 is 5.32 Å². The first-order valence-corrected chi connectivity index (χ1v) is 10.9. The van der Waals surface area contributed by atoms with Crippen LogP contribution in [0, 0.1) is 11.3 Å². The van der Waals surface area contributed by atoms with Gasteiger partial charge in [0, 0.05) is 22.7 Å². The lowest BCUT2D eigenvalue weighted by molar-refractivity contribution is 0.102. The average Bonchev–Trinajstić information content (AvgIpc) is 3.53. The molecule has 0 saturated carbocycles. The summed E-state index contributed by atoms with van der Waals surface area (Å²) >= 11 is 1.32. The number of nitriles is 1. The van der Waals surface area contributed by atoms with E-state index in [0.717, 1.165) is 0 Å². The molecule has 1 amide bonds. The lowest BCUT2D eigenvalue weighted by Crippen LogP contribution is -2.12. The van der Waals surface area contributed by atoms with Crippen LogP contribution in [0.5, 0.6) is 5.75 Å². The van der Waals surface area contributed by atoms with Gasteiger partial charge in [-0.15, -0.1) is 21.6 Å². The number of fused-ring (bicyclic) bond motifs is 1. The van der Waals surface area contributed by atoms with Gasteiger partial charge in [-0.2, -0.15) is 15.0 Å². The number of rotatable bonds is 5. The molecule has 0 spiro atoms. The topological polar surface area (TPSA) is 129 Å². The van der Waals surface area contributed by atoms with Crippen molar-refractivity contribution >= 4 is 45.2 Å². The van der Waals surface area contributed by atoms with E-state index in [2.05, 4.69) is 25.6 Å². The molecule has 9 nitrogen and oxygen atoms in total. The van der Waals surface area contributed by atoms with Crippen molar-refractivity contribution in [3.8, 4) is 17.0 Å². The highest BCUT2D eigenvalue weighted by Crippen LogP contribution is 2.40. The first-order chi connectivity index (χ1) is 16.7. The van der Waals surface area contributed by atoms with E-state index in [1.54, 1.807) is 54.0 Å². The van der Waals surface area contributed by atoms with E-state index < -0.39 is 5.91 Å². The van der Waals surface area contributed by atoms with Crippen LogP contribution in [-0.2, 0) is 0 Å². The Morgan fingerprint density at radius 2 is 1.91 bits per heavy atom. The van der Waals surface area contributed by atoms with Gasteiger partial charge in [0.2, 0.25) is 5.13 Å². The van der Waals surface area contributed by atoms with Gasteiger partial charge in [0.25, 0.3) is 5.91 Å². The molecule has 0 bridgehead atoms. The maximum absolute atomic E-state index is 13.0. The Morgan fingerprint density at radius 1 is 1.12 bits per heavy atom. The molecule has 0 aliphatic heterocycles. The van der Waals surface area contributed by atoms with Gasteiger partial charge < -0.3 is 10.4 Å². The molecular weight excluding hydrogens is 450 g/mol. The first-order valence-electron chi connectivity index (χ1n) is 10.1. The molecule has 0 unspecified atom stereocenters. The number of carbonyl (C=O) groups excluding carboxylic acids is 1. The van der Waals surface area contributed by atoms with Crippen molar-refractivity contribution in [1.29, 1.82) is 5.26 Å². The summed E-state index contributed by atoms with van der Waals surface area (Å²) in [4.78, 5) is 17.2. The Hall–Kier alpha value is -4.88. The highest BCUT2D eigenvalue weighted by atomic mass is 32.1. The Morgan fingerprint density at radius 3 is 2.68 bits per heavy atom. The Kier molecular flexibility index (Phi) is 5.51. The van der Waals surface area contributed by atoms with Crippen molar-refractivity contribution in [1.82, 2.24) is 14.8 Å². The minimum Gasteiger partial charge on any atom is -0.505 e. The molecule has 164 valence electrons. The third kappa shape index (κ3) is 3.87. The second-order valence-electron chi connectivity index (χ2n) is 7.08. The van der Waals surface area contributed by atoms with Gasteiger partial charge in [-0.05, 0) is 23.6 Å². The number of amides is 1. The lowest BCUT2D eigenvalue weighted by atomic mass is 10.0. The smallest absolute Gasteiger partial charge is 0.259 e. The molecule has 0 radical (unpaired) electrons. The van der Waals surface area contributed by atoms with Gasteiger partial charge in [0.05, 0.1) is 11.8 Å². The molecule has 0 fully saturated rings. The number of aromatic hydroxyl groups is 1. The number of benzene rings is 3. The summed E-state index contributed by atoms with van der Waals surface area (Å²) in [5.41, 5.74) is 0.937. The minimum absolute atomic E-state index is 0.0467. The van der Waals surface area contributed by atoms with Gasteiger partial charge in [-0.25, -0.2) is 4.98 Å². The van der Waals surface area contributed by atoms with Gasteiger partial charge in [-0.3, -0.25) is 4.79 Å². The zero-order valence-corrected chi connectivity index (χ0v) is 18.3. The van der Waals surface area contributed by atoms with E-state index in [0.29, 0.717) is 21.6 Å². The van der Waals surface area contributed by atoms with Crippen LogP contribution >= 0.6 is 11.3 Å². The SMILES string of the molecule is N#Cc1cnn(-c2nccs2)c1N=Nc1c(O)c(C(=O)Nc2ccccc2)cc2ccccc12. The van der Waals surface area contributed by atoms with Gasteiger partial charge in [0.1, 0.15) is 17.3 Å². The maximum atomic E-state index is 13.0. The molecule has 5 aromatic rings. The third-order valence-electron chi connectivity index (χ3n) is 4.98. The van der Waals surface area contributed by atoms with Crippen LogP contribution in [0.15, 0.2) is 88.7 Å². The van der Waals surface area contributed by atoms with E-state index >= 15 is 0 Å². The number of hydrogen-bond donors (Lipinski definition) is 2. The predicted octanol–water partition coefficient (Wildman–Crippen LogP) is 5.73. The number of thiazole rings is 1. The Bertz CT molecular complexity index is 1570. The number of anilines is 1. The van der Waals surface area contributed by atoms with Crippen LogP contribution in [0.4, 0.5) is 17.2 Å². The number of carbonyl (C=O) groups is 1. The Balaban J connectivity index is 1.61. The summed E-state index contributed by atoms with van der Waals surface area (Å²) in [6, 6.07) is 19.8. The normalized spacial score (nSPS) is 11.0. The lowest BCUT2D eigenvalue weighted by Gasteiger charge is -2.11. The summed E-state index contributed by atoms with van der Waals surface area (Å²) in [7, 11) is 0. The molecule has 3 aromatic carbocycles. The van der Waals surface area contributed by atoms with Crippen molar-refractivity contribution in [2.45, 2.75) is 0 Å². The van der Waals surface area contributed by atoms with Crippen LogP contribution in [0.25, 0.3) is 15.9 Å². The number of azo groups is 1. The van der Waals surface area contributed by atoms with E-state index in [1.807, 2.05) is 24.3 Å². The molecule has 0 aliphatic rings. The molecule has 2 heterocycles. The van der Waals surface area contributed by atoms with Crippen molar-refractivity contribution in [2.75, 3.05) is 5.32 Å². The second kappa shape index (κ2) is 8.93. The standard InChI is InChI=1S/C24H15N7O2S/c25-13-16-14-27-31(24-26-10-11-34-24)22(16)30-29-20-18-9-5-4-6-15(18)12-19(21(20)32)23(33)28-17-7-2-1-3-8-17/h1-12,14,32H,(H,28,33). The number of nitrogens with zero attached hydrogens (tertiary/aromatic N) is 6. The minimum atomic E-state index is -0.489. The van der Waals surface area contributed by atoms with E-state index in [-0.39, 0.29) is 28.4 Å². The third-order valence-corrected chi connectivity index (χ3v) is 5.73. The quantitative estimate of drug-likeness (QED) is 0.320. The van der Waals surface area contributed by atoms with Crippen LogP contribution in [0.1, 0.15) is 15.9 Å². The molecule has 0 aliphatic carbocycles. The maximum Gasteiger partial charge on any atom is 0.259 e. The van der Waals surface area contributed by atoms with Gasteiger partial charge in [-0.1, -0.05) is 42.5 Å². The van der Waals surface area contributed by atoms with E-state index in [4.69, 9.17) is 0 Å². The first kappa shape index (κ1) is 21.0. The summed E-state index contributed by atoms with van der Waals surface area (Å²) in [5, 5.41) is 39.6. The monoisotopic (exact) mass is 465 g/mol. The molecule has 2 N–H and O–H groups in total. The number of hydrogen-bond acceptors (Lipinski definition) is 8. The molecule has 34 heavy (non-hydrogen) atoms. The van der Waals surface area contributed by atoms with Crippen molar-refractivity contribution in [2.24, 2.45) is 10.2 Å². The molecule has 0 saturated heterocycles. The summed E-state index contributed by atoms with van der Waals surface area (Å²) in [5.74, 6) is -0.647. The van der Waals surface area contributed by atoms with Crippen molar-refractivity contribution in [3.63, 3.8) is 0 Å². The molecule has 2 aromatic heterocycles. The zero-order chi connectivity index (χ0) is 23.5. The fourth-order valence-electron chi connectivity index (χ4n) is 3.39. The largest absolute Gasteiger partial charge is 0.505 e. The second-order valence-corrected chi connectivity index (χ2v) is 7.96. The fraction of sp³-hybridized carbons (Fsp3) is 0. The van der Waals surface area contributed by atoms with Gasteiger partial charge >= 0.3 is 0 Å². The number of phenols is 1. The average molecular weight is 465 g/mol. The molecule has 5 rings (SSSR count). The summed E-state index contributed by atoms with van der Waals surface area (Å²) in [6.07, 6.45) is 2.99. The molecular formula is C24H15N7O2S. The number of para-hydroxylation sites is 1. The van der Waals surface area contributed by atoms with Gasteiger partial charge in [0.15, 0.2) is 11.6 Å². The fourth-order valence-corrected chi connectivity index (χ4v) is 3.99. The zero-order valence-electron chi connectivity index (χ0n) is 17.5. The van der Waals surface area contributed by atoms with Crippen LogP contribution in [0.3, 0.4) is 0 Å².